The molecule has 2 aliphatic rings. The van der Waals surface area contributed by atoms with Gasteiger partial charge in [-0.05, 0) is 68.5 Å². The Morgan fingerprint density at radius 2 is 1.66 bits per heavy atom. The van der Waals surface area contributed by atoms with Crippen LogP contribution in [0.1, 0.15) is 41.6 Å². The highest BCUT2D eigenvalue weighted by atomic mass is 35.5. The molecule has 3 N–H and O–H groups in total. The van der Waals surface area contributed by atoms with Gasteiger partial charge in [-0.25, -0.2) is 4.79 Å². The van der Waals surface area contributed by atoms with E-state index >= 15 is 0 Å². The summed E-state index contributed by atoms with van der Waals surface area (Å²) in [6.45, 7) is 3.80. The maximum absolute atomic E-state index is 12.8. The third-order valence-electron chi connectivity index (χ3n) is 5.29. The van der Waals surface area contributed by atoms with E-state index < -0.39 is 0 Å². The van der Waals surface area contributed by atoms with Gasteiger partial charge >= 0.3 is 6.03 Å². The van der Waals surface area contributed by atoms with Crippen LogP contribution in [0.5, 0.6) is 0 Å². The number of anilines is 3. The summed E-state index contributed by atoms with van der Waals surface area (Å²) in [5.74, 6) is -0.0798. The first-order valence-corrected chi connectivity index (χ1v) is 10.4. The van der Waals surface area contributed by atoms with Gasteiger partial charge in [-0.1, -0.05) is 17.7 Å². The van der Waals surface area contributed by atoms with Crippen LogP contribution in [-0.4, -0.2) is 31.1 Å². The van der Waals surface area contributed by atoms with Crippen LogP contribution in [0.15, 0.2) is 36.4 Å². The van der Waals surface area contributed by atoms with Crippen LogP contribution in [0.4, 0.5) is 21.9 Å². The Morgan fingerprint density at radius 3 is 2.31 bits per heavy atom. The highest BCUT2D eigenvalue weighted by molar-refractivity contribution is 6.31. The minimum absolute atomic E-state index is 0.0798. The van der Waals surface area contributed by atoms with E-state index in [1.165, 1.54) is 0 Å². The monoisotopic (exact) mass is 412 g/mol. The lowest BCUT2D eigenvalue weighted by molar-refractivity contribution is 0.0951. The highest BCUT2D eigenvalue weighted by Crippen LogP contribution is 2.29. The lowest BCUT2D eigenvalue weighted by atomic mass is 10.1. The molecule has 0 aromatic heterocycles. The number of nitrogens with one attached hydrogen (secondary N) is 3. The van der Waals surface area contributed by atoms with Gasteiger partial charge in [0.05, 0.1) is 5.56 Å². The fourth-order valence-electron chi connectivity index (χ4n) is 3.48. The molecule has 3 amide bonds. The van der Waals surface area contributed by atoms with Crippen molar-refractivity contribution in [1.82, 2.24) is 5.32 Å². The summed E-state index contributed by atoms with van der Waals surface area (Å²) in [4.78, 5) is 27.4. The number of urea groups is 1. The third-order valence-corrected chi connectivity index (χ3v) is 5.70. The molecule has 1 saturated carbocycles. The number of hydrogen-bond donors (Lipinski definition) is 3. The largest absolute Gasteiger partial charge is 0.371 e. The van der Waals surface area contributed by atoms with Gasteiger partial charge in [-0.2, -0.15) is 0 Å². The summed E-state index contributed by atoms with van der Waals surface area (Å²) < 4.78 is 0. The molecule has 1 saturated heterocycles. The number of nitrogens with zero attached hydrogens (tertiary/aromatic N) is 1. The molecule has 29 heavy (non-hydrogen) atoms. The van der Waals surface area contributed by atoms with E-state index in [4.69, 9.17) is 11.6 Å². The summed E-state index contributed by atoms with van der Waals surface area (Å²) in [5, 5.41) is 9.24. The van der Waals surface area contributed by atoms with E-state index in [0.717, 1.165) is 50.0 Å². The average molecular weight is 413 g/mol. The van der Waals surface area contributed by atoms with Gasteiger partial charge in [0, 0.05) is 41.2 Å². The van der Waals surface area contributed by atoms with Crippen molar-refractivity contribution < 1.29 is 9.59 Å². The van der Waals surface area contributed by atoms with Crippen molar-refractivity contribution in [3.63, 3.8) is 0 Å². The lowest BCUT2D eigenvalue weighted by Gasteiger charge is -2.22. The number of aryl methyl sites for hydroxylation is 1. The predicted molar refractivity (Wildman–Crippen MR) is 117 cm³/mol. The van der Waals surface area contributed by atoms with E-state index in [1.807, 2.05) is 25.1 Å². The first-order chi connectivity index (χ1) is 14.0. The topological polar surface area (TPSA) is 73.5 Å². The van der Waals surface area contributed by atoms with Crippen LogP contribution in [0.25, 0.3) is 0 Å². The van der Waals surface area contributed by atoms with Crippen LogP contribution in [0.2, 0.25) is 5.02 Å². The van der Waals surface area contributed by atoms with E-state index in [9.17, 15) is 9.59 Å². The van der Waals surface area contributed by atoms with Gasteiger partial charge in [0.15, 0.2) is 0 Å². The second-order valence-corrected chi connectivity index (χ2v) is 8.12. The Morgan fingerprint density at radius 1 is 1.00 bits per heavy atom. The van der Waals surface area contributed by atoms with E-state index in [-0.39, 0.29) is 18.0 Å². The summed E-state index contributed by atoms with van der Waals surface area (Å²) in [5.41, 5.74) is 3.66. The summed E-state index contributed by atoms with van der Waals surface area (Å²) in [7, 11) is 0. The number of halogens is 1. The van der Waals surface area contributed by atoms with Crippen molar-refractivity contribution in [3.05, 3.63) is 52.5 Å². The molecule has 0 unspecified atom stereocenters. The average Bonchev–Trinajstić information content (AvgIpc) is 3.33. The highest BCUT2D eigenvalue weighted by Gasteiger charge is 2.26. The Bertz CT molecular complexity index is 936. The molecule has 1 aliphatic heterocycles. The Balaban J connectivity index is 1.51. The van der Waals surface area contributed by atoms with Gasteiger partial charge in [0.1, 0.15) is 0 Å². The second-order valence-electron chi connectivity index (χ2n) is 7.72. The molecule has 1 heterocycles. The van der Waals surface area contributed by atoms with Crippen molar-refractivity contribution in [3.8, 4) is 0 Å². The van der Waals surface area contributed by atoms with Gasteiger partial charge < -0.3 is 20.9 Å². The van der Waals surface area contributed by atoms with Crippen molar-refractivity contribution in [2.45, 2.75) is 38.6 Å². The minimum atomic E-state index is -0.382. The second kappa shape index (κ2) is 8.33. The molecular weight excluding hydrogens is 388 g/mol. The van der Waals surface area contributed by atoms with Gasteiger partial charge in [0.25, 0.3) is 5.91 Å². The molecule has 2 aromatic carbocycles. The molecule has 4 rings (SSSR count). The minimum Gasteiger partial charge on any atom is -0.371 e. The van der Waals surface area contributed by atoms with Crippen LogP contribution in [0, 0.1) is 6.92 Å². The van der Waals surface area contributed by atoms with Crippen molar-refractivity contribution in [1.29, 1.82) is 0 Å². The maximum atomic E-state index is 12.8. The first-order valence-electron chi connectivity index (χ1n) is 10.0. The van der Waals surface area contributed by atoms with Gasteiger partial charge in [-0.15, -0.1) is 0 Å². The molecule has 2 fully saturated rings. The number of carbonyl (C=O) groups is 2. The molecular formula is C22H25ClN4O2. The Kier molecular flexibility index (Phi) is 5.62. The molecule has 7 heteroatoms. The predicted octanol–water partition coefficient (Wildman–Crippen LogP) is 4.78. The number of rotatable bonds is 5. The lowest BCUT2D eigenvalue weighted by Crippen LogP contribution is -2.29. The molecule has 6 nitrogen and oxygen atoms in total. The fourth-order valence-corrected chi connectivity index (χ4v) is 3.66. The fraction of sp³-hybridized carbons (Fsp3) is 0.364. The molecule has 0 atom stereocenters. The number of benzene rings is 2. The van der Waals surface area contributed by atoms with Crippen LogP contribution in [0.3, 0.4) is 0 Å². The molecule has 0 radical (unpaired) electrons. The van der Waals surface area contributed by atoms with E-state index in [1.54, 1.807) is 18.2 Å². The molecule has 152 valence electrons. The van der Waals surface area contributed by atoms with Crippen molar-refractivity contribution in [2.75, 3.05) is 28.6 Å². The van der Waals surface area contributed by atoms with Crippen LogP contribution < -0.4 is 20.9 Å². The zero-order valence-corrected chi connectivity index (χ0v) is 17.2. The van der Waals surface area contributed by atoms with Gasteiger partial charge in [-0.3, -0.25) is 4.79 Å². The smallest absolute Gasteiger partial charge is 0.323 e. The molecule has 1 aliphatic carbocycles. The van der Waals surface area contributed by atoms with Gasteiger partial charge in [0.2, 0.25) is 0 Å². The molecule has 0 bridgehead atoms. The van der Waals surface area contributed by atoms with Crippen molar-refractivity contribution in [2.24, 2.45) is 0 Å². The van der Waals surface area contributed by atoms with Crippen LogP contribution >= 0.6 is 11.6 Å². The first kappa shape index (κ1) is 19.6. The molecule has 0 spiro atoms. The Hall–Kier alpha value is -2.73. The molecule has 2 aromatic rings. The summed E-state index contributed by atoms with van der Waals surface area (Å²) in [6, 6.07) is 10.8. The standard InChI is InChI=1S/C22H25ClN4O2/c1-14-4-5-17(13-19(14)23)26-22(29)25-16-8-9-20(27-10-2-3-11-27)18(12-16)21(28)24-15-6-7-15/h4-5,8-9,12-13,15H,2-3,6-7,10-11H2,1H3,(H,24,28)(H2,25,26,29). The number of hydrogen-bond acceptors (Lipinski definition) is 3. The van der Waals surface area contributed by atoms with E-state index in [2.05, 4.69) is 20.9 Å². The maximum Gasteiger partial charge on any atom is 0.323 e. The number of carbonyl (C=O) groups excluding carboxylic acids is 2. The number of amides is 3. The zero-order valence-electron chi connectivity index (χ0n) is 16.4. The summed E-state index contributed by atoms with van der Waals surface area (Å²) in [6.07, 6.45) is 4.32. The summed E-state index contributed by atoms with van der Waals surface area (Å²) >= 11 is 6.12. The quantitative estimate of drug-likeness (QED) is 0.661. The normalized spacial score (nSPS) is 15.9. The van der Waals surface area contributed by atoms with E-state index in [0.29, 0.717) is 22.0 Å². The van der Waals surface area contributed by atoms with Crippen LogP contribution in [-0.2, 0) is 0 Å². The Labute approximate surface area is 175 Å². The zero-order chi connectivity index (χ0) is 20.4. The third kappa shape index (κ3) is 4.82. The SMILES string of the molecule is Cc1ccc(NC(=O)Nc2ccc(N3CCCC3)c(C(=O)NC3CC3)c2)cc1Cl. The van der Waals surface area contributed by atoms with Crippen molar-refractivity contribution >= 4 is 40.6 Å².